The Morgan fingerprint density at radius 1 is 1.32 bits per heavy atom. The van der Waals surface area contributed by atoms with Gasteiger partial charge in [-0.3, -0.25) is 4.79 Å². The number of aliphatic hydroxyl groups is 1. The van der Waals surface area contributed by atoms with Gasteiger partial charge in [-0.1, -0.05) is 30.3 Å². The molecule has 4 N–H and O–H groups in total. The largest absolute Gasteiger partial charge is 0.392 e. The fraction of sp³-hybridized carbons (Fsp3) is 0.235. The van der Waals surface area contributed by atoms with Gasteiger partial charge in [-0.2, -0.15) is 0 Å². The number of nitrogens with one attached hydrogen (secondary N) is 1. The summed E-state index contributed by atoms with van der Waals surface area (Å²) in [5, 5.41) is 13.0. The van der Waals surface area contributed by atoms with Crippen molar-refractivity contribution in [2.45, 2.75) is 25.0 Å². The van der Waals surface area contributed by atoms with Crippen LogP contribution < -0.4 is 11.1 Å². The van der Waals surface area contributed by atoms with E-state index in [1.54, 1.807) is 18.2 Å². The summed E-state index contributed by atoms with van der Waals surface area (Å²) in [6, 6.07) is 12.1. The van der Waals surface area contributed by atoms with Gasteiger partial charge in [0.1, 0.15) is 5.82 Å². The van der Waals surface area contributed by atoms with Gasteiger partial charge in [-0.15, -0.1) is 0 Å². The number of primary amides is 1. The number of amides is 1. The maximum atomic E-state index is 13.6. The molecular formula is C17H17FN2O2. The number of halogens is 1. The standard InChI is InChI=1S/C17H17FN2O2/c18-13-3-1-2-4-14(13)20-9-10-5-6-11-8-15(21)16(17(19)22)12(11)7-10/h1-7,15-16,20-21H,8-9H2,(H2,19,22)/t15-,16-/m1/s1. The summed E-state index contributed by atoms with van der Waals surface area (Å²) in [5.41, 5.74) is 8.41. The minimum atomic E-state index is -0.762. The van der Waals surface area contributed by atoms with Crippen molar-refractivity contribution >= 4 is 11.6 Å². The van der Waals surface area contributed by atoms with Crippen molar-refractivity contribution in [2.24, 2.45) is 5.73 Å². The van der Waals surface area contributed by atoms with E-state index in [2.05, 4.69) is 5.32 Å². The molecule has 0 fully saturated rings. The number of nitrogens with two attached hydrogens (primary N) is 1. The van der Waals surface area contributed by atoms with E-state index < -0.39 is 17.9 Å². The zero-order valence-corrected chi connectivity index (χ0v) is 11.9. The Balaban J connectivity index is 1.80. The van der Waals surface area contributed by atoms with Crippen LogP contribution in [0.3, 0.4) is 0 Å². The van der Waals surface area contributed by atoms with Gasteiger partial charge in [0.05, 0.1) is 17.7 Å². The Kier molecular flexibility index (Phi) is 3.81. The molecule has 5 heteroatoms. The third-order valence-corrected chi connectivity index (χ3v) is 4.02. The zero-order valence-electron chi connectivity index (χ0n) is 11.9. The predicted molar refractivity (Wildman–Crippen MR) is 81.8 cm³/mol. The topological polar surface area (TPSA) is 75.4 Å². The molecule has 0 aromatic heterocycles. The lowest BCUT2D eigenvalue weighted by atomic mass is 9.97. The van der Waals surface area contributed by atoms with Gasteiger partial charge in [-0.05, 0) is 35.2 Å². The molecule has 0 saturated carbocycles. The Morgan fingerprint density at radius 3 is 2.82 bits per heavy atom. The fourth-order valence-electron chi connectivity index (χ4n) is 2.92. The van der Waals surface area contributed by atoms with Crippen molar-refractivity contribution in [3.05, 3.63) is 65.0 Å². The molecule has 1 amide bonds. The van der Waals surface area contributed by atoms with Crippen molar-refractivity contribution < 1.29 is 14.3 Å². The quantitative estimate of drug-likeness (QED) is 0.807. The fourth-order valence-corrected chi connectivity index (χ4v) is 2.92. The monoisotopic (exact) mass is 300 g/mol. The molecule has 0 spiro atoms. The summed E-state index contributed by atoms with van der Waals surface area (Å²) in [6.45, 7) is 0.426. The average Bonchev–Trinajstić information content (AvgIpc) is 2.81. The molecule has 0 saturated heterocycles. The van der Waals surface area contributed by atoms with E-state index in [4.69, 9.17) is 5.73 Å². The van der Waals surface area contributed by atoms with Crippen molar-refractivity contribution in [1.29, 1.82) is 0 Å². The van der Waals surface area contributed by atoms with Crippen LogP contribution in [-0.4, -0.2) is 17.1 Å². The predicted octanol–water partition coefficient (Wildman–Crippen LogP) is 1.92. The second-order valence-electron chi connectivity index (χ2n) is 5.52. The minimum Gasteiger partial charge on any atom is -0.392 e. The van der Waals surface area contributed by atoms with E-state index in [0.29, 0.717) is 18.7 Å². The molecule has 1 aliphatic carbocycles. The summed E-state index contributed by atoms with van der Waals surface area (Å²) < 4.78 is 13.6. The molecule has 114 valence electrons. The number of fused-ring (bicyclic) bond motifs is 1. The highest BCUT2D eigenvalue weighted by Gasteiger charge is 2.35. The van der Waals surface area contributed by atoms with Crippen LogP contribution in [0.15, 0.2) is 42.5 Å². The molecule has 0 aliphatic heterocycles. The third kappa shape index (κ3) is 2.67. The lowest BCUT2D eigenvalue weighted by Crippen LogP contribution is -2.28. The van der Waals surface area contributed by atoms with Crippen LogP contribution >= 0.6 is 0 Å². The number of para-hydroxylation sites is 1. The number of rotatable bonds is 4. The van der Waals surface area contributed by atoms with Crippen molar-refractivity contribution in [1.82, 2.24) is 0 Å². The molecule has 1 aliphatic rings. The Bertz CT molecular complexity index is 718. The summed E-state index contributed by atoms with van der Waals surface area (Å²) in [5.74, 6) is -1.50. The number of carbonyl (C=O) groups excluding carboxylic acids is 1. The summed E-state index contributed by atoms with van der Waals surface area (Å²) in [7, 11) is 0. The van der Waals surface area contributed by atoms with Crippen LogP contribution in [0.5, 0.6) is 0 Å². The average molecular weight is 300 g/mol. The number of benzene rings is 2. The van der Waals surface area contributed by atoms with E-state index >= 15 is 0 Å². The smallest absolute Gasteiger partial charge is 0.227 e. The minimum absolute atomic E-state index is 0.311. The highest BCUT2D eigenvalue weighted by atomic mass is 19.1. The van der Waals surface area contributed by atoms with Gasteiger partial charge in [0.25, 0.3) is 0 Å². The Labute approximate surface area is 127 Å². The summed E-state index contributed by atoms with van der Waals surface area (Å²) in [6.07, 6.45) is -0.327. The number of anilines is 1. The van der Waals surface area contributed by atoms with Crippen molar-refractivity contribution in [2.75, 3.05) is 5.32 Å². The number of hydrogen-bond donors (Lipinski definition) is 3. The molecule has 4 nitrogen and oxygen atoms in total. The van der Waals surface area contributed by atoms with Gasteiger partial charge in [0, 0.05) is 6.54 Å². The molecule has 3 rings (SSSR count). The van der Waals surface area contributed by atoms with Crippen LogP contribution in [0, 0.1) is 5.82 Å². The first-order chi connectivity index (χ1) is 10.6. The first kappa shape index (κ1) is 14.5. The van der Waals surface area contributed by atoms with E-state index in [-0.39, 0.29) is 5.82 Å². The molecule has 0 radical (unpaired) electrons. The molecule has 2 aromatic carbocycles. The maximum Gasteiger partial charge on any atom is 0.227 e. The van der Waals surface area contributed by atoms with Crippen molar-refractivity contribution in [3.63, 3.8) is 0 Å². The van der Waals surface area contributed by atoms with Gasteiger partial charge in [0.15, 0.2) is 0 Å². The second-order valence-corrected chi connectivity index (χ2v) is 5.52. The van der Waals surface area contributed by atoms with E-state index in [9.17, 15) is 14.3 Å². The SMILES string of the molecule is NC(=O)[C@@H]1c2cc(CNc3ccccc3F)ccc2C[C@H]1O. The van der Waals surface area contributed by atoms with E-state index in [1.807, 2.05) is 18.2 Å². The van der Waals surface area contributed by atoms with E-state index in [0.717, 1.165) is 16.7 Å². The summed E-state index contributed by atoms with van der Waals surface area (Å²) >= 11 is 0. The molecule has 0 heterocycles. The molecule has 2 aromatic rings. The lowest BCUT2D eigenvalue weighted by Gasteiger charge is -2.13. The van der Waals surface area contributed by atoms with Crippen LogP contribution in [0.2, 0.25) is 0 Å². The summed E-state index contributed by atoms with van der Waals surface area (Å²) in [4.78, 5) is 11.5. The Hall–Kier alpha value is -2.40. The first-order valence-corrected chi connectivity index (χ1v) is 7.13. The number of hydrogen-bond acceptors (Lipinski definition) is 3. The Morgan fingerprint density at radius 2 is 2.09 bits per heavy atom. The third-order valence-electron chi connectivity index (χ3n) is 4.02. The highest BCUT2D eigenvalue weighted by Crippen LogP contribution is 2.34. The molecule has 2 atom stereocenters. The van der Waals surface area contributed by atoms with Crippen LogP contribution in [0.25, 0.3) is 0 Å². The zero-order chi connectivity index (χ0) is 15.7. The lowest BCUT2D eigenvalue weighted by molar-refractivity contribution is -0.121. The van der Waals surface area contributed by atoms with Gasteiger partial charge < -0.3 is 16.2 Å². The second kappa shape index (κ2) is 5.77. The maximum absolute atomic E-state index is 13.6. The molecule has 0 unspecified atom stereocenters. The van der Waals surface area contributed by atoms with Gasteiger partial charge in [0.2, 0.25) is 5.91 Å². The van der Waals surface area contributed by atoms with Crippen molar-refractivity contribution in [3.8, 4) is 0 Å². The van der Waals surface area contributed by atoms with E-state index in [1.165, 1.54) is 6.07 Å². The molecular weight excluding hydrogens is 283 g/mol. The van der Waals surface area contributed by atoms with Crippen LogP contribution in [0.1, 0.15) is 22.6 Å². The van der Waals surface area contributed by atoms with Crippen LogP contribution in [0.4, 0.5) is 10.1 Å². The first-order valence-electron chi connectivity index (χ1n) is 7.13. The van der Waals surface area contributed by atoms with Gasteiger partial charge >= 0.3 is 0 Å². The van der Waals surface area contributed by atoms with Crippen LogP contribution in [-0.2, 0) is 17.8 Å². The molecule has 0 bridgehead atoms. The van der Waals surface area contributed by atoms with Gasteiger partial charge in [-0.25, -0.2) is 4.39 Å². The normalized spacial score (nSPS) is 19.7. The number of carbonyl (C=O) groups is 1. The molecule has 22 heavy (non-hydrogen) atoms. The highest BCUT2D eigenvalue weighted by molar-refractivity contribution is 5.84. The number of aliphatic hydroxyl groups excluding tert-OH is 1.